The number of nitrogens with zero attached hydrogens (tertiary/aromatic N) is 1. The number of hydrogen-bond donors (Lipinski definition) is 2. The molecule has 3 aromatic rings. The third-order valence-corrected chi connectivity index (χ3v) is 5.13. The highest BCUT2D eigenvalue weighted by Crippen LogP contribution is 2.24. The molecule has 0 amide bonds. The second-order valence-corrected chi connectivity index (χ2v) is 7.09. The Morgan fingerprint density at radius 2 is 1.44 bits per heavy atom. The topological polar surface area (TPSA) is 84.2 Å². The molecule has 0 fully saturated rings. The molecule has 2 N–H and O–H groups in total. The van der Waals surface area contributed by atoms with Crippen LogP contribution >= 0.6 is 0 Å². The quantitative estimate of drug-likeness (QED) is 0.718. The van der Waals surface area contributed by atoms with Gasteiger partial charge in [-0.1, -0.05) is 5.16 Å². The van der Waals surface area contributed by atoms with Crippen LogP contribution in [0.25, 0.3) is 0 Å². The van der Waals surface area contributed by atoms with Gasteiger partial charge in [-0.15, -0.1) is 0 Å². The van der Waals surface area contributed by atoms with Crippen LogP contribution in [-0.2, 0) is 10.0 Å². The van der Waals surface area contributed by atoms with Gasteiger partial charge in [0, 0.05) is 17.1 Å². The second kappa shape index (κ2) is 6.56. The first-order valence-electron chi connectivity index (χ1n) is 7.43. The molecule has 130 valence electrons. The Hall–Kier alpha value is -2.87. The average molecular weight is 361 g/mol. The number of benzene rings is 2. The van der Waals surface area contributed by atoms with Gasteiger partial charge in [-0.3, -0.25) is 4.72 Å². The summed E-state index contributed by atoms with van der Waals surface area (Å²) < 4.78 is 45.2. The summed E-state index contributed by atoms with van der Waals surface area (Å²) in [5.41, 5.74) is 2.18. The number of nitrogens with one attached hydrogen (secondary N) is 2. The Labute approximate surface area is 144 Å². The number of aryl methyl sites for hydroxylation is 2. The molecule has 0 radical (unpaired) electrons. The van der Waals surface area contributed by atoms with Gasteiger partial charge in [-0.25, -0.2) is 12.8 Å². The van der Waals surface area contributed by atoms with E-state index in [2.05, 4.69) is 15.2 Å². The molecule has 2 aromatic carbocycles. The maximum atomic E-state index is 12.9. The molecule has 0 saturated carbocycles. The van der Waals surface area contributed by atoms with Crippen LogP contribution in [0.3, 0.4) is 0 Å². The minimum atomic E-state index is -3.78. The van der Waals surface area contributed by atoms with Crippen LogP contribution in [0.4, 0.5) is 21.5 Å². The van der Waals surface area contributed by atoms with Gasteiger partial charge in [0.1, 0.15) is 11.5 Å². The minimum Gasteiger partial charge on any atom is -0.360 e. The molecule has 0 unspecified atom stereocenters. The summed E-state index contributed by atoms with van der Waals surface area (Å²) in [7, 11) is -3.78. The largest absolute Gasteiger partial charge is 0.360 e. The van der Waals surface area contributed by atoms with Gasteiger partial charge in [-0.2, -0.15) is 0 Å². The van der Waals surface area contributed by atoms with Gasteiger partial charge in [-0.05, 0) is 62.4 Å². The van der Waals surface area contributed by atoms with Crippen molar-refractivity contribution in [1.29, 1.82) is 0 Å². The van der Waals surface area contributed by atoms with Gasteiger partial charge in [0.25, 0.3) is 10.0 Å². The van der Waals surface area contributed by atoms with E-state index in [0.29, 0.717) is 11.4 Å². The van der Waals surface area contributed by atoms with Crippen molar-refractivity contribution in [2.75, 3.05) is 10.0 Å². The lowest BCUT2D eigenvalue weighted by atomic mass is 10.2. The Morgan fingerprint density at radius 1 is 0.920 bits per heavy atom. The van der Waals surface area contributed by atoms with E-state index >= 15 is 0 Å². The first-order chi connectivity index (χ1) is 11.8. The molecule has 1 heterocycles. The SMILES string of the molecule is Cc1noc(C)c1S(=O)(=O)Nc1ccc(Nc2ccc(F)cc2)cc1. The average Bonchev–Trinajstić information content (AvgIpc) is 2.91. The zero-order chi connectivity index (χ0) is 18.0. The van der Waals surface area contributed by atoms with Crippen molar-refractivity contribution in [1.82, 2.24) is 5.16 Å². The molecular formula is C17H16FN3O3S. The highest BCUT2D eigenvalue weighted by Gasteiger charge is 2.24. The normalized spacial score (nSPS) is 11.3. The molecular weight excluding hydrogens is 345 g/mol. The third kappa shape index (κ3) is 3.80. The van der Waals surface area contributed by atoms with E-state index in [4.69, 9.17) is 4.52 Å². The Morgan fingerprint density at radius 3 is 1.96 bits per heavy atom. The van der Waals surface area contributed by atoms with Crippen molar-refractivity contribution in [3.63, 3.8) is 0 Å². The van der Waals surface area contributed by atoms with Crippen molar-refractivity contribution in [2.24, 2.45) is 0 Å². The Balaban J connectivity index is 1.75. The molecule has 0 atom stereocenters. The summed E-state index contributed by atoms with van der Waals surface area (Å²) in [6.07, 6.45) is 0. The number of halogens is 1. The van der Waals surface area contributed by atoms with Crippen molar-refractivity contribution in [3.8, 4) is 0 Å². The number of aromatic nitrogens is 1. The van der Waals surface area contributed by atoms with Gasteiger partial charge >= 0.3 is 0 Å². The van der Waals surface area contributed by atoms with Crippen LogP contribution in [0.2, 0.25) is 0 Å². The Kier molecular flexibility index (Phi) is 4.45. The lowest BCUT2D eigenvalue weighted by Crippen LogP contribution is -2.14. The van der Waals surface area contributed by atoms with Crippen molar-refractivity contribution < 1.29 is 17.3 Å². The van der Waals surface area contributed by atoms with Crippen LogP contribution in [0.15, 0.2) is 57.9 Å². The molecule has 0 aliphatic rings. The molecule has 0 aliphatic heterocycles. The third-order valence-electron chi connectivity index (χ3n) is 3.51. The molecule has 0 spiro atoms. The van der Waals surface area contributed by atoms with Crippen molar-refractivity contribution >= 4 is 27.1 Å². The van der Waals surface area contributed by atoms with Gasteiger partial charge < -0.3 is 9.84 Å². The van der Waals surface area contributed by atoms with Crippen molar-refractivity contribution in [3.05, 3.63) is 65.8 Å². The highest BCUT2D eigenvalue weighted by molar-refractivity contribution is 7.92. The fourth-order valence-electron chi connectivity index (χ4n) is 2.39. The van der Waals surface area contributed by atoms with E-state index in [9.17, 15) is 12.8 Å². The second-order valence-electron chi connectivity index (χ2n) is 5.47. The highest BCUT2D eigenvalue weighted by atomic mass is 32.2. The minimum absolute atomic E-state index is 0.0426. The molecule has 25 heavy (non-hydrogen) atoms. The van der Waals surface area contributed by atoms with Gasteiger partial charge in [0.05, 0.1) is 0 Å². The number of sulfonamides is 1. The fraction of sp³-hybridized carbons (Fsp3) is 0.118. The van der Waals surface area contributed by atoms with Crippen LogP contribution in [0.1, 0.15) is 11.5 Å². The van der Waals surface area contributed by atoms with Crippen LogP contribution < -0.4 is 10.0 Å². The maximum Gasteiger partial charge on any atom is 0.267 e. The lowest BCUT2D eigenvalue weighted by Gasteiger charge is -2.10. The monoisotopic (exact) mass is 361 g/mol. The number of rotatable bonds is 5. The summed E-state index contributed by atoms with van der Waals surface area (Å²) >= 11 is 0. The summed E-state index contributed by atoms with van der Waals surface area (Å²) in [6.45, 7) is 3.12. The van der Waals surface area contributed by atoms with Crippen LogP contribution in [0, 0.1) is 19.7 Å². The standard InChI is InChI=1S/C17H16FN3O3S/c1-11-17(12(2)24-20-11)25(22,23)21-16-9-7-15(8-10-16)19-14-5-3-13(18)4-6-14/h3-10,19,21H,1-2H3. The zero-order valence-electron chi connectivity index (χ0n) is 13.6. The molecule has 0 bridgehead atoms. The predicted molar refractivity (Wildman–Crippen MR) is 92.9 cm³/mol. The summed E-state index contributed by atoms with van der Waals surface area (Å²) in [6, 6.07) is 12.6. The first-order valence-corrected chi connectivity index (χ1v) is 8.92. The van der Waals surface area contributed by atoms with Gasteiger partial charge in [0.2, 0.25) is 0 Å². The zero-order valence-corrected chi connectivity index (χ0v) is 14.4. The van der Waals surface area contributed by atoms with E-state index in [1.165, 1.54) is 12.1 Å². The summed E-state index contributed by atoms with van der Waals surface area (Å²) in [4.78, 5) is 0.0426. The molecule has 0 saturated heterocycles. The molecule has 8 heteroatoms. The molecule has 1 aromatic heterocycles. The number of hydrogen-bond acceptors (Lipinski definition) is 5. The van der Waals surface area contributed by atoms with Crippen LogP contribution in [-0.4, -0.2) is 13.6 Å². The van der Waals surface area contributed by atoms with E-state index in [1.54, 1.807) is 50.2 Å². The maximum absolute atomic E-state index is 12.9. The molecule has 3 rings (SSSR count). The van der Waals surface area contributed by atoms with E-state index in [-0.39, 0.29) is 16.5 Å². The first kappa shape index (κ1) is 17.0. The van der Waals surface area contributed by atoms with Gasteiger partial charge in [0.15, 0.2) is 10.7 Å². The number of anilines is 3. The van der Waals surface area contributed by atoms with E-state index < -0.39 is 10.0 Å². The van der Waals surface area contributed by atoms with E-state index in [1.807, 2.05) is 0 Å². The van der Waals surface area contributed by atoms with Crippen molar-refractivity contribution in [2.45, 2.75) is 18.7 Å². The fourth-order valence-corrected chi connectivity index (χ4v) is 3.78. The smallest absolute Gasteiger partial charge is 0.267 e. The molecule has 0 aliphatic carbocycles. The van der Waals surface area contributed by atoms with E-state index in [0.717, 1.165) is 11.4 Å². The summed E-state index contributed by atoms with van der Waals surface area (Å²) in [5.74, 6) is -0.0748. The summed E-state index contributed by atoms with van der Waals surface area (Å²) in [5, 5.41) is 6.76. The van der Waals surface area contributed by atoms with Crippen LogP contribution in [0.5, 0.6) is 0 Å². The predicted octanol–water partition coefficient (Wildman–Crippen LogP) is 3.97. The Bertz CT molecular complexity index is 961. The lowest BCUT2D eigenvalue weighted by molar-refractivity contribution is 0.390. The molecule has 6 nitrogen and oxygen atoms in total.